The number of piperidine rings is 2. The Morgan fingerprint density at radius 1 is 0.941 bits per heavy atom. The van der Waals surface area contributed by atoms with Crippen LogP contribution in [-0.4, -0.2) is 58.1 Å². The van der Waals surface area contributed by atoms with Crippen molar-refractivity contribution in [3.63, 3.8) is 0 Å². The van der Waals surface area contributed by atoms with Gasteiger partial charge in [0.1, 0.15) is 0 Å². The van der Waals surface area contributed by atoms with Crippen LogP contribution < -0.4 is 14.4 Å². The average Bonchev–Trinajstić information content (AvgIpc) is 2.90. The summed E-state index contributed by atoms with van der Waals surface area (Å²) >= 11 is 0. The molecule has 8 heteroatoms. The first-order chi connectivity index (χ1) is 16.8. The fourth-order valence-corrected chi connectivity index (χ4v) is 4.81. The van der Waals surface area contributed by atoms with Gasteiger partial charge in [-0.3, -0.25) is 9.88 Å². The summed E-state index contributed by atoms with van der Waals surface area (Å²) in [5, 5.41) is 0. The zero-order chi connectivity index (χ0) is 23.2. The second-order valence-corrected chi connectivity index (χ2v) is 9.01. The molecule has 1 atom stereocenters. The van der Waals surface area contributed by atoms with Gasteiger partial charge in [-0.15, -0.1) is 0 Å². The second-order valence-electron chi connectivity index (χ2n) is 9.01. The average molecular weight is 461 g/mol. The highest BCUT2D eigenvalue weighted by molar-refractivity contribution is 5.41. The Balaban J connectivity index is 1.25. The normalized spacial score (nSPS) is 19.1. The first-order valence-corrected chi connectivity index (χ1v) is 12.2. The number of rotatable bonds is 7. The van der Waals surface area contributed by atoms with Crippen LogP contribution in [0.15, 0.2) is 48.9 Å². The van der Waals surface area contributed by atoms with Crippen molar-refractivity contribution < 1.29 is 9.47 Å². The van der Waals surface area contributed by atoms with Gasteiger partial charge in [0.25, 0.3) is 0 Å². The number of methoxy groups -OCH3 is 1. The fraction of sp³-hybridized carbons (Fsp3) is 0.462. The Bertz CT molecular complexity index is 1090. The summed E-state index contributed by atoms with van der Waals surface area (Å²) in [4.78, 5) is 23.4. The molecule has 1 aromatic carbocycles. The van der Waals surface area contributed by atoms with E-state index in [1.165, 1.54) is 19.3 Å². The van der Waals surface area contributed by atoms with Crippen LogP contribution >= 0.6 is 0 Å². The van der Waals surface area contributed by atoms with E-state index in [0.717, 1.165) is 62.9 Å². The van der Waals surface area contributed by atoms with Gasteiger partial charge in [-0.1, -0.05) is 12.1 Å². The minimum atomic E-state index is 0.311. The summed E-state index contributed by atoms with van der Waals surface area (Å²) in [5.41, 5.74) is 2.05. The van der Waals surface area contributed by atoms with Gasteiger partial charge < -0.3 is 14.4 Å². The number of hydrogen-bond donors (Lipinski definition) is 0. The SMILES string of the molecule is COc1ccccc1Oc1cncc([C@H]2CCCN(Cc3ccnc(N4CCCCC4)n3)C2)n1. The smallest absolute Gasteiger partial charge is 0.238 e. The number of aromatic nitrogens is 4. The fourth-order valence-electron chi connectivity index (χ4n) is 4.81. The molecule has 8 nitrogen and oxygen atoms in total. The molecule has 34 heavy (non-hydrogen) atoms. The Kier molecular flexibility index (Phi) is 7.14. The molecule has 2 fully saturated rings. The Hall–Kier alpha value is -3.26. The number of benzene rings is 1. The highest BCUT2D eigenvalue weighted by Gasteiger charge is 2.24. The Morgan fingerprint density at radius 3 is 2.65 bits per heavy atom. The molecule has 0 saturated carbocycles. The van der Waals surface area contributed by atoms with Crippen molar-refractivity contribution in [2.75, 3.05) is 38.2 Å². The molecule has 0 unspecified atom stereocenters. The summed E-state index contributed by atoms with van der Waals surface area (Å²) in [7, 11) is 1.63. The van der Waals surface area contributed by atoms with Gasteiger partial charge in [0.15, 0.2) is 11.5 Å². The van der Waals surface area contributed by atoms with Crippen molar-refractivity contribution >= 4 is 5.95 Å². The van der Waals surface area contributed by atoms with E-state index >= 15 is 0 Å². The van der Waals surface area contributed by atoms with E-state index in [0.29, 0.717) is 23.3 Å². The predicted octanol–water partition coefficient (Wildman–Crippen LogP) is 4.44. The quantitative estimate of drug-likeness (QED) is 0.512. The van der Waals surface area contributed by atoms with Crippen molar-refractivity contribution in [3.8, 4) is 17.4 Å². The lowest BCUT2D eigenvalue weighted by Gasteiger charge is -2.32. The molecule has 2 aliphatic rings. The van der Waals surface area contributed by atoms with Gasteiger partial charge in [-0.25, -0.2) is 15.0 Å². The molecule has 2 aliphatic heterocycles. The molecule has 0 aliphatic carbocycles. The maximum absolute atomic E-state index is 5.99. The minimum Gasteiger partial charge on any atom is -0.493 e. The van der Waals surface area contributed by atoms with Crippen molar-refractivity contribution in [2.24, 2.45) is 0 Å². The molecule has 5 rings (SSSR count). The van der Waals surface area contributed by atoms with Crippen molar-refractivity contribution in [2.45, 2.75) is 44.6 Å². The van der Waals surface area contributed by atoms with E-state index in [1.54, 1.807) is 13.3 Å². The van der Waals surface area contributed by atoms with Crippen LogP contribution in [0.25, 0.3) is 0 Å². The predicted molar refractivity (Wildman–Crippen MR) is 130 cm³/mol. The van der Waals surface area contributed by atoms with Gasteiger partial charge in [0.2, 0.25) is 11.8 Å². The molecule has 0 bridgehead atoms. The van der Waals surface area contributed by atoms with E-state index in [9.17, 15) is 0 Å². The molecule has 4 heterocycles. The number of hydrogen-bond acceptors (Lipinski definition) is 8. The van der Waals surface area contributed by atoms with E-state index in [2.05, 4.69) is 19.8 Å². The lowest BCUT2D eigenvalue weighted by molar-refractivity contribution is 0.196. The molecule has 0 radical (unpaired) electrons. The summed E-state index contributed by atoms with van der Waals surface area (Å²) in [6.45, 7) is 4.92. The molecule has 0 N–H and O–H groups in total. The van der Waals surface area contributed by atoms with E-state index < -0.39 is 0 Å². The molecule has 2 aromatic heterocycles. The van der Waals surface area contributed by atoms with Gasteiger partial charge in [-0.2, -0.15) is 0 Å². The molecular weight excluding hydrogens is 428 g/mol. The van der Waals surface area contributed by atoms with Crippen LogP contribution in [0.5, 0.6) is 17.4 Å². The highest BCUT2D eigenvalue weighted by atomic mass is 16.5. The first-order valence-electron chi connectivity index (χ1n) is 12.2. The van der Waals surface area contributed by atoms with E-state index in [4.69, 9.17) is 19.4 Å². The maximum atomic E-state index is 5.99. The summed E-state index contributed by atoms with van der Waals surface area (Å²) in [6.07, 6.45) is 11.4. The van der Waals surface area contributed by atoms with E-state index in [1.807, 2.05) is 42.7 Å². The molecule has 3 aromatic rings. The number of likely N-dealkylation sites (tertiary alicyclic amines) is 1. The first kappa shape index (κ1) is 22.5. The molecular formula is C26H32N6O2. The van der Waals surface area contributed by atoms with Crippen LogP contribution in [0.3, 0.4) is 0 Å². The highest BCUT2D eigenvalue weighted by Crippen LogP contribution is 2.32. The number of para-hydroxylation sites is 2. The maximum Gasteiger partial charge on any atom is 0.238 e. The lowest BCUT2D eigenvalue weighted by atomic mass is 9.95. The van der Waals surface area contributed by atoms with Crippen molar-refractivity contribution in [3.05, 3.63) is 60.3 Å². The standard InChI is InChI=1S/C26H32N6O2/c1-33-23-9-3-4-10-24(23)34-25-17-27-16-22(30-25)20-8-7-13-31(18-20)19-21-11-12-28-26(29-21)32-14-5-2-6-15-32/h3-4,9-12,16-17,20H,2,5-8,13-15,18-19H2,1H3/t20-/m0/s1. The monoisotopic (exact) mass is 460 g/mol. The van der Waals surface area contributed by atoms with Gasteiger partial charge in [0, 0.05) is 44.5 Å². The van der Waals surface area contributed by atoms with Gasteiger partial charge in [-0.05, 0) is 56.8 Å². The topological polar surface area (TPSA) is 76.5 Å². The molecule has 2 saturated heterocycles. The second kappa shape index (κ2) is 10.8. The molecule has 178 valence electrons. The Morgan fingerprint density at radius 2 is 1.79 bits per heavy atom. The van der Waals surface area contributed by atoms with Crippen LogP contribution in [-0.2, 0) is 6.54 Å². The zero-order valence-corrected chi connectivity index (χ0v) is 19.8. The third-order valence-corrected chi connectivity index (χ3v) is 6.56. The van der Waals surface area contributed by atoms with Crippen LogP contribution in [0.1, 0.15) is 49.4 Å². The van der Waals surface area contributed by atoms with Crippen molar-refractivity contribution in [1.82, 2.24) is 24.8 Å². The van der Waals surface area contributed by atoms with Crippen molar-refractivity contribution in [1.29, 1.82) is 0 Å². The zero-order valence-electron chi connectivity index (χ0n) is 19.8. The summed E-state index contributed by atoms with van der Waals surface area (Å²) in [5.74, 6) is 2.98. The van der Waals surface area contributed by atoms with Gasteiger partial charge in [0.05, 0.1) is 24.7 Å². The third kappa shape index (κ3) is 5.44. The number of anilines is 1. The van der Waals surface area contributed by atoms with Gasteiger partial charge >= 0.3 is 0 Å². The number of nitrogens with zero attached hydrogens (tertiary/aromatic N) is 6. The van der Waals surface area contributed by atoms with E-state index in [-0.39, 0.29) is 0 Å². The van der Waals surface area contributed by atoms with Crippen LogP contribution in [0.4, 0.5) is 5.95 Å². The summed E-state index contributed by atoms with van der Waals surface area (Å²) < 4.78 is 11.4. The largest absolute Gasteiger partial charge is 0.493 e. The minimum absolute atomic E-state index is 0.311. The lowest BCUT2D eigenvalue weighted by Crippen LogP contribution is -2.35. The van der Waals surface area contributed by atoms with Crippen LogP contribution in [0.2, 0.25) is 0 Å². The molecule has 0 amide bonds. The third-order valence-electron chi connectivity index (χ3n) is 6.56. The van der Waals surface area contributed by atoms with Crippen LogP contribution in [0, 0.1) is 0 Å². The molecule has 0 spiro atoms. The Labute approximate surface area is 201 Å². The summed E-state index contributed by atoms with van der Waals surface area (Å²) in [6, 6.07) is 9.61. The number of ether oxygens (including phenoxy) is 2.